The number of ketones is 1. The normalized spacial score (nSPS) is 10.9. The zero-order chi connectivity index (χ0) is 16.3. The number of benzene rings is 2. The van der Waals surface area contributed by atoms with E-state index in [4.69, 9.17) is 4.74 Å². The van der Waals surface area contributed by atoms with Crippen LogP contribution in [-0.2, 0) is 0 Å². The summed E-state index contributed by atoms with van der Waals surface area (Å²) < 4.78 is 18.4. The lowest BCUT2D eigenvalue weighted by Gasteiger charge is -2.05. The quantitative estimate of drug-likeness (QED) is 0.684. The number of allylic oxidation sites excluding steroid dienone is 1. The van der Waals surface area contributed by atoms with Gasteiger partial charge < -0.3 is 9.84 Å². The Morgan fingerprint density at radius 3 is 2.36 bits per heavy atom. The molecule has 4 heteroatoms. The van der Waals surface area contributed by atoms with Crippen LogP contribution in [0.4, 0.5) is 4.39 Å². The van der Waals surface area contributed by atoms with Gasteiger partial charge in [-0.15, -0.1) is 0 Å². The summed E-state index contributed by atoms with van der Waals surface area (Å²) in [7, 11) is 1.37. The van der Waals surface area contributed by atoms with E-state index >= 15 is 0 Å². The van der Waals surface area contributed by atoms with E-state index in [1.54, 1.807) is 32.1 Å². The van der Waals surface area contributed by atoms with Gasteiger partial charge in [-0.05, 0) is 66.9 Å². The molecule has 114 valence electrons. The molecule has 22 heavy (non-hydrogen) atoms. The van der Waals surface area contributed by atoms with Gasteiger partial charge in [0, 0.05) is 5.56 Å². The van der Waals surface area contributed by atoms with Crippen molar-refractivity contribution in [2.24, 2.45) is 0 Å². The number of aryl methyl sites for hydroxylation is 2. The van der Waals surface area contributed by atoms with E-state index in [0.29, 0.717) is 0 Å². The fraction of sp³-hybridized carbons (Fsp3) is 0.167. The van der Waals surface area contributed by atoms with Crippen LogP contribution in [0.1, 0.15) is 27.0 Å². The predicted molar refractivity (Wildman–Crippen MR) is 83.9 cm³/mol. The first-order valence-electron chi connectivity index (χ1n) is 6.78. The molecule has 0 unspecified atom stereocenters. The lowest BCUT2D eigenvalue weighted by atomic mass is 10.0. The van der Waals surface area contributed by atoms with Crippen LogP contribution in [0.15, 0.2) is 36.4 Å². The SMILES string of the molecule is COc1ccc(C(=O)C=Cc2cc(C)c(O)c(C)c2)cc1F. The number of hydrogen-bond donors (Lipinski definition) is 1. The monoisotopic (exact) mass is 300 g/mol. The van der Waals surface area contributed by atoms with Gasteiger partial charge in [0.15, 0.2) is 17.3 Å². The van der Waals surface area contributed by atoms with E-state index in [0.717, 1.165) is 22.8 Å². The molecule has 0 atom stereocenters. The first kappa shape index (κ1) is 15.8. The number of ether oxygens (including phenoxy) is 1. The second kappa shape index (κ2) is 6.43. The van der Waals surface area contributed by atoms with Crippen molar-refractivity contribution in [1.29, 1.82) is 0 Å². The predicted octanol–water partition coefficient (Wildman–Crippen LogP) is 4.05. The summed E-state index contributed by atoms with van der Waals surface area (Å²) in [5, 5.41) is 9.72. The smallest absolute Gasteiger partial charge is 0.185 e. The largest absolute Gasteiger partial charge is 0.507 e. The van der Waals surface area contributed by atoms with Gasteiger partial charge in [0.25, 0.3) is 0 Å². The average Bonchev–Trinajstić information content (AvgIpc) is 2.49. The van der Waals surface area contributed by atoms with Gasteiger partial charge in [-0.2, -0.15) is 0 Å². The standard InChI is InChI=1S/C18H17FO3/c1-11-8-13(9-12(2)18(11)21)4-6-16(20)14-5-7-17(22-3)15(19)10-14/h4-10,21H,1-3H3. The van der Waals surface area contributed by atoms with Crippen molar-refractivity contribution in [3.8, 4) is 11.5 Å². The molecule has 0 spiro atoms. The molecule has 0 saturated carbocycles. The zero-order valence-corrected chi connectivity index (χ0v) is 12.7. The molecule has 2 aromatic carbocycles. The van der Waals surface area contributed by atoms with Gasteiger partial charge >= 0.3 is 0 Å². The van der Waals surface area contributed by atoms with Crippen LogP contribution in [0.3, 0.4) is 0 Å². The molecule has 0 heterocycles. The van der Waals surface area contributed by atoms with Crippen molar-refractivity contribution in [1.82, 2.24) is 0 Å². The van der Waals surface area contributed by atoms with Gasteiger partial charge in [-0.25, -0.2) is 4.39 Å². The maximum atomic E-state index is 13.6. The molecule has 2 aromatic rings. The van der Waals surface area contributed by atoms with E-state index < -0.39 is 5.82 Å². The Bertz CT molecular complexity index is 725. The summed E-state index contributed by atoms with van der Waals surface area (Å²) in [6.07, 6.45) is 3.02. The fourth-order valence-electron chi connectivity index (χ4n) is 2.17. The molecule has 1 N–H and O–H groups in total. The third-order valence-electron chi connectivity index (χ3n) is 3.38. The average molecular weight is 300 g/mol. The van der Waals surface area contributed by atoms with E-state index in [9.17, 15) is 14.3 Å². The second-order valence-electron chi connectivity index (χ2n) is 5.05. The van der Waals surface area contributed by atoms with Gasteiger partial charge in [-0.1, -0.05) is 6.08 Å². The molecular formula is C18H17FO3. The van der Waals surface area contributed by atoms with Crippen LogP contribution in [0, 0.1) is 19.7 Å². The highest BCUT2D eigenvalue weighted by atomic mass is 19.1. The van der Waals surface area contributed by atoms with Crippen LogP contribution in [0.2, 0.25) is 0 Å². The number of hydrogen-bond acceptors (Lipinski definition) is 3. The molecule has 2 rings (SSSR count). The van der Waals surface area contributed by atoms with Gasteiger partial charge in [0.1, 0.15) is 5.75 Å². The number of carbonyl (C=O) groups is 1. The summed E-state index contributed by atoms with van der Waals surface area (Å²) in [5.74, 6) is -0.519. The molecule has 0 fully saturated rings. The minimum atomic E-state index is -0.571. The lowest BCUT2D eigenvalue weighted by molar-refractivity contribution is 0.104. The Balaban J connectivity index is 2.23. The van der Waals surface area contributed by atoms with Crippen molar-refractivity contribution < 1.29 is 19.0 Å². The number of aromatic hydroxyl groups is 1. The Hall–Kier alpha value is -2.62. The number of halogens is 1. The van der Waals surface area contributed by atoms with Crippen LogP contribution in [0.5, 0.6) is 11.5 Å². The number of phenolic OH excluding ortho intramolecular Hbond substituents is 1. The zero-order valence-electron chi connectivity index (χ0n) is 12.7. The minimum absolute atomic E-state index is 0.102. The van der Waals surface area contributed by atoms with Crippen LogP contribution < -0.4 is 4.74 Å². The molecular weight excluding hydrogens is 283 g/mol. The third-order valence-corrected chi connectivity index (χ3v) is 3.38. The molecule has 0 aliphatic rings. The number of rotatable bonds is 4. The molecule has 0 aromatic heterocycles. The first-order valence-corrected chi connectivity index (χ1v) is 6.78. The van der Waals surface area contributed by atoms with Crippen molar-refractivity contribution in [3.05, 3.63) is 64.5 Å². The van der Waals surface area contributed by atoms with Crippen LogP contribution in [-0.4, -0.2) is 18.0 Å². The summed E-state index contributed by atoms with van der Waals surface area (Å²) in [6.45, 7) is 3.58. The van der Waals surface area contributed by atoms with Crippen molar-refractivity contribution >= 4 is 11.9 Å². The Labute approximate surface area is 128 Å². The van der Waals surface area contributed by atoms with Gasteiger partial charge in [0.05, 0.1) is 7.11 Å². The van der Waals surface area contributed by atoms with E-state index in [1.807, 2.05) is 0 Å². The minimum Gasteiger partial charge on any atom is -0.507 e. The second-order valence-corrected chi connectivity index (χ2v) is 5.05. The number of methoxy groups -OCH3 is 1. The third kappa shape index (κ3) is 3.34. The Morgan fingerprint density at radius 1 is 1.18 bits per heavy atom. The van der Waals surface area contributed by atoms with Crippen molar-refractivity contribution in [2.45, 2.75) is 13.8 Å². The maximum Gasteiger partial charge on any atom is 0.185 e. The van der Waals surface area contributed by atoms with E-state index in [2.05, 4.69) is 0 Å². The molecule has 3 nitrogen and oxygen atoms in total. The van der Waals surface area contributed by atoms with Crippen LogP contribution >= 0.6 is 0 Å². The molecule has 0 bridgehead atoms. The maximum absolute atomic E-state index is 13.6. The molecule has 0 amide bonds. The van der Waals surface area contributed by atoms with Crippen molar-refractivity contribution in [2.75, 3.05) is 7.11 Å². The topological polar surface area (TPSA) is 46.5 Å². The summed E-state index contributed by atoms with van der Waals surface area (Å²) in [4.78, 5) is 12.1. The highest BCUT2D eigenvalue weighted by molar-refractivity contribution is 6.06. The summed E-state index contributed by atoms with van der Waals surface area (Å²) >= 11 is 0. The van der Waals surface area contributed by atoms with Gasteiger partial charge in [-0.3, -0.25) is 4.79 Å². The lowest BCUT2D eigenvalue weighted by Crippen LogP contribution is -1.97. The van der Waals surface area contributed by atoms with Crippen molar-refractivity contribution in [3.63, 3.8) is 0 Å². The first-order chi connectivity index (χ1) is 10.4. The highest BCUT2D eigenvalue weighted by Gasteiger charge is 2.08. The number of phenols is 1. The highest BCUT2D eigenvalue weighted by Crippen LogP contribution is 2.24. The molecule has 0 aliphatic carbocycles. The van der Waals surface area contributed by atoms with Gasteiger partial charge in [0.2, 0.25) is 0 Å². The number of carbonyl (C=O) groups excluding carboxylic acids is 1. The molecule has 0 radical (unpaired) electrons. The Kier molecular flexibility index (Phi) is 4.61. The van der Waals surface area contributed by atoms with E-state index in [-0.39, 0.29) is 22.8 Å². The summed E-state index contributed by atoms with van der Waals surface area (Å²) in [6, 6.07) is 7.65. The summed E-state index contributed by atoms with van der Waals surface area (Å²) in [5.41, 5.74) is 2.53. The van der Waals surface area contributed by atoms with Crippen LogP contribution in [0.25, 0.3) is 6.08 Å². The molecule has 0 saturated heterocycles. The fourth-order valence-corrected chi connectivity index (χ4v) is 2.17. The van der Waals surface area contributed by atoms with E-state index in [1.165, 1.54) is 25.3 Å². The molecule has 0 aliphatic heterocycles. The Morgan fingerprint density at radius 2 is 1.82 bits per heavy atom.